The predicted octanol–water partition coefficient (Wildman–Crippen LogP) is 10.1. The van der Waals surface area contributed by atoms with Crippen LogP contribution in [0.2, 0.25) is 0 Å². The third-order valence-electron chi connectivity index (χ3n) is 6.85. The molecule has 7 aromatic rings. The molecule has 0 saturated carbocycles. The topological polar surface area (TPSA) is 38.9 Å². The fraction of sp³-hybridized carbons (Fsp3) is 0.167. The minimum absolute atomic E-state index is 0. The van der Waals surface area contributed by atoms with Gasteiger partial charge in [-0.3, -0.25) is 0 Å². The zero-order valence-corrected chi connectivity index (χ0v) is 26.7. The number of hydrogen-bond acceptors (Lipinski definition) is 4. The Labute approximate surface area is 258 Å². The Bertz CT molecular complexity index is 1880. The van der Waals surface area contributed by atoms with Crippen molar-refractivity contribution in [3.05, 3.63) is 120 Å². The summed E-state index contributed by atoms with van der Waals surface area (Å²) in [4.78, 5) is 8.93. The molecule has 3 nitrogen and oxygen atoms in total. The number of aryl methyl sites for hydroxylation is 1. The molecule has 41 heavy (non-hydrogen) atoms. The Morgan fingerprint density at radius 2 is 1.71 bits per heavy atom. The molecule has 5 heteroatoms. The molecule has 7 rings (SSSR count). The Morgan fingerprint density at radius 1 is 0.854 bits per heavy atom. The molecule has 4 heterocycles. The molecular formula is C36H30IrN2OS-2. The fourth-order valence-corrected chi connectivity index (χ4v) is 5.73. The van der Waals surface area contributed by atoms with Crippen LogP contribution in [0.25, 0.3) is 54.5 Å². The second-order valence-corrected chi connectivity index (χ2v) is 12.2. The molecule has 0 spiro atoms. The van der Waals surface area contributed by atoms with Crippen LogP contribution in [0, 0.1) is 24.5 Å². The van der Waals surface area contributed by atoms with Crippen LogP contribution in [-0.4, -0.2) is 9.97 Å². The van der Waals surface area contributed by atoms with Crippen LogP contribution in [0.3, 0.4) is 0 Å². The van der Waals surface area contributed by atoms with Gasteiger partial charge in [-0.15, -0.1) is 65.4 Å². The molecule has 1 radical (unpaired) electrons. The smallest absolute Gasteiger partial charge is 0.122 e. The monoisotopic (exact) mass is 731 g/mol. The summed E-state index contributed by atoms with van der Waals surface area (Å²) in [6.45, 7) is 8.94. The summed E-state index contributed by atoms with van der Waals surface area (Å²) in [7, 11) is 0. The molecule has 0 bridgehead atoms. The Morgan fingerprint density at radius 3 is 2.46 bits per heavy atom. The Kier molecular flexibility index (Phi) is 8.51. The fourth-order valence-electron chi connectivity index (χ4n) is 4.93. The molecule has 0 aliphatic rings. The third-order valence-corrected chi connectivity index (χ3v) is 7.73. The zero-order chi connectivity index (χ0) is 27.7. The third kappa shape index (κ3) is 6.33. The summed E-state index contributed by atoms with van der Waals surface area (Å²) in [5.41, 5.74) is 8.46. The van der Waals surface area contributed by atoms with Crippen LogP contribution in [-0.2, 0) is 26.5 Å². The van der Waals surface area contributed by atoms with Gasteiger partial charge in [0.15, 0.2) is 0 Å². The van der Waals surface area contributed by atoms with Crippen molar-refractivity contribution in [2.45, 2.75) is 34.1 Å². The second-order valence-electron chi connectivity index (χ2n) is 11.2. The average molecular weight is 731 g/mol. The molecule has 0 saturated heterocycles. The molecule has 207 valence electrons. The first-order valence-corrected chi connectivity index (χ1v) is 14.3. The van der Waals surface area contributed by atoms with E-state index in [0.29, 0.717) is 0 Å². The number of nitrogens with zero attached hydrogens (tertiary/aromatic N) is 2. The van der Waals surface area contributed by atoms with Gasteiger partial charge in [-0.25, -0.2) is 0 Å². The minimum Gasteiger partial charge on any atom is -0.501 e. The number of thiophene rings is 1. The zero-order valence-electron chi connectivity index (χ0n) is 23.5. The standard InChI is InChI=1S/C25H22NOS.C11H8N.Ir/c1-15-14-26-21(11-17(15)13-25(2,3)4)19-7-5-6-18-20-10-16-8-9-28-23(16)12-22(20)27-24(18)19;1-2-6-10(7-3-1)11-8-4-5-9-12-11;/h5-6,8-12,14H,13H2,1-4H3;1-6,8-9H;/q2*-1;. The molecule has 0 unspecified atom stereocenters. The van der Waals surface area contributed by atoms with Gasteiger partial charge in [-0.05, 0) is 70.7 Å². The average Bonchev–Trinajstić information content (AvgIpc) is 3.57. The van der Waals surface area contributed by atoms with E-state index in [1.807, 2.05) is 54.7 Å². The number of furan rings is 1. The Hall–Kier alpha value is -3.63. The number of rotatable bonds is 3. The van der Waals surface area contributed by atoms with Crippen LogP contribution < -0.4 is 0 Å². The van der Waals surface area contributed by atoms with Gasteiger partial charge in [0.2, 0.25) is 0 Å². The van der Waals surface area contributed by atoms with Gasteiger partial charge in [0, 0.05) is 42.6 Å². The van der Waals surface area contributed by atoms with Crippen molar-refractivity contribution in [3.8, 4) is 22.5 Å². The second kappa shape index (κ2) is 12.1. The maximum atomic E-state index is 6.32. The summed E-state index contributed by atoms with van der Waals surface area (Å²) in [5.74, 6) is 0. The number of aromatic nitrogens is 2. The van der Waals surface area contributed by atoms with Crippen LogP contribution >= 0.6 is 11.3 Å². The van der Waals surface area contributed by atoms with Crippen molar-refractivity contribution in [1.82, 2.24) is 9.97 Å². The van der Waals surface area contributed by atoms with E-state index in [2.05, 4.69) is 80.5 Å². The largest absolute Gasteiger partial charge is 0.501 e. The van der Waals surface area contributed by atoms with E-state index in [0.717, 1.165) is 50.9 Å². The van der Waals surface area contributed by atoms with Crippen LogP contribution in [0.5, 0.6) is 0 Å². The van der Waals surface area contributed by atoms with E-state index in [1.54, 1.807) is 17.5 Å². The number of pyridine rings is 2. The molecule has 0 atom stereocenters. The van der Waals surface area contributed by atoms with Gasteiger partial charge in [-0.1, -0.05) is 55.5 Å². The van der Waals surface area contributed by atoms with E-state index in [-0.39, 0.29) is 25.5 Å². The van der Waals surface area contributed by atoms with Crippen molar-refractivity contribution in [2.75, 3.05) is 0 Å². The molecule has 0 aliphatic heterocycles. The van der Waals surface area contributed by atoms with Gasteiger partial charge < -0.3 is 14.4 Å². The summed E-state index contributed by atoms with van der Waals surface area (Å²) in [6, 6.07) is 33.0. The number of benzene rings is 3. The maximum Gasteiger partial charge on any atom is 0.122 e. The van der Waals surface area contributed by atoms with E-state index in [9.17, 15) is 0 Å². The number of hydrogen-bond donors (Lipinski definition) is 0. The molecule has 4 aromatic heterocycles. The van der Waals surface area contributed by atoms with Gasteiger partial charge in [0.1, 0.15) is 5.58 Å². The Balaban J connectivity index is 0.000000218. The van der Waals surface area contributed by atoms with Crippen molar-refractivity contribution in [3.63, 3.8) is 0 Å². The van der Waals surface area contributed by atoms with Crippen LogP contribution in [0.4, 0.5) is 0 Å². The van der Waals surface area contributed by atoms with Crippen LogP contribution in [0.15, 0.2) is 101 Å². The summed E-state index contributed by atoms with van der Waals surface area (Å²) in [5, 5.41) is 5.66. The van der Waals surface area contributed by atoms with Crippen molar-refractivity contribution >= 4 is 43.4 Å². The first-order chi connectivity index (χ1) is 19.4. The number of fused-ring (bicyclic) bond motifs is 4. The minimum atomic E-state index is 0. The van der Waals surface area contributed by atoms with Gasteiger partial charge in [-0.2, -0.15) is 0 Å². The summed E-state index contributed by atoms with van der Waals surface area (Å²) < 4.78 is 7.57. The van der Waals surface area contributed by atoms with E-state index < -0.39 is 0 Å². The molecule has 0 aliphatic carbocycles. The quantitative estimate of drug-likeness (QED) is 0.170. The van der Waals surface area contributed by atoms with Crippen molar-refractivity contribution < 1.29 is 24.5 Å². The summed E-state index contributed by atoms with van der Waals surface area (Å²) >= 11 is 1.74. The molecule has 0 N–H and O–H groups in total. The maximum absolute atomic E-state index is 6.32. The van der Waals surface area contributed by atoms with Crippen molar-refractivity contribution in [1.29, 1.82) is 0 Å². The van der Waals surface area contributed by atoms with E-state index in [1.165, 1.54) is 21.2 Å². The predicted molar refractivity (Wildman–Crippen MR) is 168 cm³/mol. The van der Waals surface area contributed by atoms with Gasteiger partial charge in [0.25, 0.3) is 0 Å². The van der Waals surface area contributed by atoms with Crippen molar-refractivity contribution in [2.24, 2.45) is 5.41 Å². The molecule has 0 fully saturated rings. The first kappa shape index (κ1) is 28.9. The molecule has 3 aromatic carbocycles. The normalized spacial score (nSPS) is 11.3. The first-order valence-electron chi connectivity index (χ1n) is 13.4. The molecular weight excluding hydrogens is 701 g/mol. The van der Waals surface area contributed by atoms with E-state index in [4.69, 9.17) is 9.40 Å². The SMILES string of the molecule is Cc1cnc(-c2[c-]ccc3c2oc2cc4sccc4cc23)cc1CC(C)(C)C.[Ir].[c-]1ccccc1-c1ccccn1. The molecule has 0 amide bonds. The van der Waals surface area contributed by atoms with Crippen LogP contribution in [0.1, 0.15) is 31.9 Å². The van der Waals surface area contributed by atoms with E-state index >= 15 is 0 Å². The van der Waals surface area contributed by atoms with Gasteiger partial charge >= 0.3 is 0 Å². The summed E-state index contributed by atoms with van der Waals surface area (Å²) in [6.07, 6.45) is 4.78. The van der Waals surface area contributed by atoms with Gasteiger partial charge in [0.05, 0.1) is 5.58 Å².